The van der Waals surface area contributed by atoms with Crippen molar-refractivity contribution in [2.45, 2.75) is 19.3 Å². The summed E-state index contributed by atoms with van der Waals surface area (Å²) < 4.78 is 11.3. The fourth-order valence-corrected chi connectivity index (χ4v) is 2.35. The van der Waals surface area contributed by atoms with Gasteiger partial charge in [0.2, 0.25) is 0 Å². The molecule has 0 bridgehead atoms. The number of nitrogens with one attached hydrogen (secondary N) is 1. The SMILES string of the molecule is NC(=S)Nc1ccc(OCCCCCOc2ccc(C(=O)O)cc2)cc1. The zero-order valence-corrected chi connectivity index (χ0v) is 15.1. The predicted octanol–water partition coefficient (Wildman–Crippen LogP) is 3.67. The van der Waals surface area contributed by atoms with Crippen molar-refractivity contribution in [3.63, 3.8) is 0 Å². The summed E-state index contributed by atoms with van der Waals surface area (Å²) in [6.45, 7) is 1.22. The number of hydrogen-bond donors (Lipinski definition) is 3. The second kappa shape index (κ2) is 10.2. The standard InChI is InChI=1S/C19H22N2O4S/c20-19(26)21-15-6-10-17(11-7-15)25-13-3-1-2-12-24-16-8-4-14(5-9-16)18(22)23/h4-11H,1-3,12-13H2,(H,22,23)(H3,20,21,26). The number of benzene rings is 2. The first-order chi connectivity index (χ1) is 12.5. The number of thiocarbonyl (C=S) groups is 1. The lowest BCUT2D eigenvalue weighted by Crippen LogP contribution is -2.18. The molecule has 0 heterocycles. The van der Waals surface area contributed by atoms with Gasteiger partial charge < -0.3 is 25.6 Å². The zero-order chi connectivity index (χ0) is 18.8. The van der Waals surface area contributed by atoms with E-state index in [1.165, 1.54) is 12.1 Å². The number of unbranched alkanes of at least 4 members (excludes halogenated alkanes) is 2. The summed E-state index contributed by atoms with van der Waals surface area (Å²) in [5, 5.41) is 11.9. The van der Waals surface area contributed by atoms with Crippen molar-refractivity contribution < 1.29 is 19.4 Å². The van der Waals surface area contributed by atoms with Crippen LogP contribution in [0, 0.1) is 0 Å². The number of rotatable bonds is 10. The number of ether oxygens (including phenoxy) is 2. The third-order valence-corrected chi connectivity index (χ3v) is 3.65. The van der Waals surface area contributed by atoms with Gasteiger partial charge >= 0.3 is 5.97 Å². The van der Waals surface area contributed by atoms with Gasteiger partial charge in [-0.25, -0.2) is 4.79 Å². The Morgan fingerprint density at radius 3 is 1.88 bits per heavy atom. The van der Waals surface area contributed by atoms with Crippen molar-refractivity contribution in [1.82, 2.24) is 0 Å². The number of carbonyl (C=O) groups is 1. The normalized spacial score (nSPS) is 10.2. The van der Waals surface area contributed by atoms with Crippen molar-refractivity contribution in [2.24, 2.45) is 5.73 Å². The molecule has 0 radical (unpaired) electrons. The van der Waals surface area contributed by atoms with E-state index in [0.29, 0.717) is 19.0 Å². The Morgan fingerprint density at radius 1 is 0.923 bits per heavy atom. The fraction of sp³-hybridized carbons (Fsp3) is 0.263. The molecule has 0 aliphatic carbocycles. The van der Waals surface area contributed by atoms with Crippen molar-refractivity contribution in [2.75, 3.05) is 18.5 Å². The lowest BCUT2D eigenvalue weighted by molar-refractivity contribution is 0.0697. The average molecular weight is 374 g/mol. The summed E-state index contributed by atoms with van der Waals surface area (Å²) in [5.74, 6) is 0.537. The van der Waals surface area contributed by atoms with E-state index < -0.39 is 5.97 Å². The lowest BCUT2D eigenvalue weighted by atomic mass is 10.2. The van der Waals surface area contributed by atoms with Gasteiger partial charge in [0, 0.05) is 5.69 Å². The van der Waals surface area contributed by atoms with Crippen LogP contribution in [0.2, 0.25) is 0 Å². The highest BCUT2D eigenvalue weighted by atomic mass is 32.1. The number of anilines is 1. The minimum absolute atomic E-state index is 0.235. The Bertz CT molecular complexity index is 717. The third-order valence-electron chi connectivity index (χ3n) is 3.55. The van der Waals surface area contributed by atoms with Crippen LogP contribution in [0.4, 0.5) is 5.69 Å². The molecule has 0 saturated carbocycles. The summed E-state index contributed by atoms with van der Waals surface area (Å²) in [4.78, 5) is 10.8. The summed E-state index contributed by atoms with van der Waals surface area (Å²) >= 11 is 4.78. The van der Waals surface area contributed by atoms with Gasteiger partial charge in [-0.2, -0.15) is 0 Å². The van der Waals surface area contributed by atoms with E-state index in [2.05, 4.69) is 5.32 Å². The molecule has 0 spiro atoms. The van der Waals surface area contributed by atoms with Gasteiger partial charge in [-0.15, -0.1) is 0 Å². The van der Waals surface area contributed by atoms with Gasteiger partial charge in [-0.1, -0.05) is 0 Å². The molecule has 7 heteroatoms. The van der Waals surface area contributed by atoms with Gasteiger partial charge in [0.05, 0.1) is 18.8 Å². The number of carboxylic acids is 1. The highest BCUT2D eigenvalue weighted by molar-refractivity contribution is 7.80. The first-order valence-electron chi connectivity index (χ1n) is 8.30. The van der Waals surface area contributed by atoms with Crippen LogP contribution in [0.5, 0.6) is 11.5 Å². The fourth-order valence-electron chi connectivity index (χ4n) is 2.23. The van der Waals surface area contributed by atoms with Gasteiger partial charge in [0.1, 0.15) is 11.5 Å². The molecule has 0 aromatic heterocycles. The molecule has 4 N–H and O–H groups in total. The molecule has 26 heavy (non-hydrogen) atoms. The number of hydrogen-bond acceptors (Lipinski definition) is 4. The van der Waals surface area contributed by atoms with E-state index >= 15 is 0 Å². The number of nitrogens with two attached hydrogens (primary N) is 1. The van der Waals surface area contributed by atoms with Crippen LogP contribution in [0.1, 0.15) is 29.6 Å². The van der Waals surface area contributed by atoms with Crippen molar-refractivity contribution in [3.05, 3.63) is 54.1 Å². The molecule has 138 valence electrons. The second-order valence-corrected chi connectivity index (χ2v) is 6.04. The summed E-state index contributed by atoms with van der Waals surface area (Å²) in [6, 6.07) is 13.9. The van der Waals surface area contributed by atoms with E-state index in [1.807, 2.05) is 24.3 Å². The predicted molar refractivity (Wildman–Crippen MR) is 105 cm³/mol. The van der Waals surface area contributed by atoms with Crippen LogP contribution >= 0.6 is 12.2 Å². The quantitative estimate of drug-likeness (QED) is 0.431. The van der Waals surface area contributed by atoms with Crippen LogP contribution in [0.25, 0.3) is 0 Å². The first-order valence-corrected chi connectivity index (χ1v) is 8.71. The molecule has 0 atom stereocenters. The van der Waals surface area contributed by atoms with Crippen molar-refractivity contribution >= 4 is 29.0 Å². The van der Waals surface area contributed by atoms with Crippen molar-refractivity contribution in [1.29, 1.82) is 0 Å². The van der Waals surface area contributed by atoms with Gasteiger partial charge in [-0.05, 0) is 80.0 Å². The van der Waals surface area contributed by atoms with Gasteiger partial charge in [0.15, 0.2) is 5.11 Å². The highest BCUT2D eigenvalue weighted by Crippen LogP contribution is 2.16. The van der Waals surface area contributed by atoms with Crippen LogP contribution in [-0.4, -0.2) is 29.4 Å². The Morgan fingerprint density at radius 2 is 1.42 bits per heavy atom. The summed E-state index contributed by atoms with van der Waals surface area (Å²) in [7, 11) is 0. The third kappa shape index (κ3) is 6.98. The topological polar surface area (TPSA) is 93.8 Å². The largest absolute Gasteiger partial charge is 0.494 e. The van der Waals surface area contributed by atoms with Crippen LogP contribution < -0.4 is 20.5 Å². The minimum atomic E-state index is -0.940. The molecule has 2 aromatic rings. The molecule has 0 saturated heterocycles. The molecular weight excluding hydrogens is 352 g/mol. The van der Waals surface area contributed by atoms with Crippen LogP contribution in [-0.2, 0) is 0 Å². The number of aromatic carboxylic acids is 1. The molecule has 2 rings (SSSR count). The Kier molecular flexibility index (Phi) is 7.70. The smallest absolute Gasteiger partial charge is 0.335 e. The molecule has 0 aliphatic heterocycles. The second-order valence-electron chi connectivity index (χ2n) is 5.60. The monoisotopic (exact) mass is 374 g/mol. The number of carboxylic acid groups (broad SMARTS) is 1. The maximum Gasteiger partial charge on any atom is 0.335 e. The van der Waals surface area contributed by atoms with E-state index in [0.717, 1.165) is 30.7 Å². The highest BCUT2D eigenvalue weighted by Gasteiger charge is 2.02. The Labute approximate surface area is 157 Å². The van der Waals surface area contributed by atoms with Crippen molar-refractivity contribution in [3.8, 4) is 11.5 Å². The summed E-state index contributed by atoms with van der Waals surface area (Å²) in [6.07, 6.45) is 2.81. The van der Waals surface area contributed by atoms with Gasteiger partial charge in [0.25, 0.3) is 0 Å². The van der Waals surface area contributed by atoms with E-state index in [-0.39, 0.29) is 10.7 Å². The zero-order valence-electron chi connectivity index (χ0n) is 14.3. The van der Waals surface area contributed by atoms with Gasteiger partial charge in [-0.3, -0.25) is 0 Å². The lowest BCUT2D eigenvalue weighted by Gasteiger charge is -2.09. The average Bonchev–Trinajstić information content (AvgIpc) is 2.62. The molecule has 0 amide bonds. The Hall–Kier alpha value is -2.80. The molecule has 0 aliphatic rings. The maximum atomic E-state index is 10.8. The molecular formula is C19H22N2O4S. The molecule has 0 fully saturated rings. The maximum absolute atomic E-state index is 10.8. The molecule has 6 nitrogen and oxygen atoms in total. The molecule has 0 unspecified atom stereocenters. The van der Waals surface area contributed by atoms with E-state index in [9.17, 15) is 4.79 Å². The molecule has 2 aromatic carbocycles. The first kappa shape index (κ1) is 19.5. The minimum Gasteiger partial charge on any atom is -0.494 e. The van der Waals surface area contributed by atoms with Crippen LogP contribution in [0.15, 0.2) is 48.5 Å². The van der Waals surface area contributed by atoms with E-state index in [4.69, 9.17) is 32.5 Å². The summed E-state index contributed by atoms with van der Waals surface area (Å²) in [5.41, 5.74) is 6.50. The van der Waals surface area contributed by atoms with Crippen LogP contribution in [0.3, 0.4) is 0 Å². The Balaban J connectivity index is 1.56. The van der Waals surface area contributed by atoms with E-state index in [1.54, 1.807) is 12.1 Å².